The lowest BCUT2D eigenvalue weighted by Gasteiger charge is -1.97. The lowest BCUT2D eigenvalue weighted by Crippen LogP contribution is -2.29. The smallest absolute Gasteiger partial charge is 0.0650 e. The van der Waals surface area contributed by atoms with Crippen LogP contribution in [-0.2, 0) is 0 Å². The molecule has 7 heavy (non-hydrogen) atoms. The maximum absolute atomic E-state index is 8.41. The molecule has 0 bridgehead atoms. The molecule has 0 amide bonds. The fourth-order valence-electron chi connectivity index (χ4n) is 0.171. The van der Waals surface area contributed by atoms with Gasteiger partial charge in [0.25, 0.3) is 0 Å². The summed E-state index contributed by atoms with van der Waals surface area (Å²) in [6.45, 7) is 2.12. The third-order valence-corrected chi connectivity index (χ3v) is 0.413. The molecule has 0 radical (unpaired) electrons. The van der Waals surface area contributed by atoms with E-state index in [1.165, 1.54) is 0 Å². The summed E-state index contributed by atoms with van der Waals surface area (Å²) in [5, 5.41) is 8.41. The molecule has 4 heteroatoms. The molecule has 0 saturated heterocycles. The van der Waals surface area contributed by atoms with Crippen molar-refractivity contribution in [2.75, 3.05) is 6.54 Å². The third kappa shape index (κ3) is 10.7. The monoisotopic (exact) mass is 126 g/mol. The molecule has 0 aromatic carbocycles. The summed E-state index contributed by atoms with van der Waals surface area (Å²) in [4.78, 5) is 0. The van der Waals surface area contributed by atoms with Gasteiger partial charge in [-0.05, 0) is 6.92 Å². The first-order chi connectivity index (χ1) is 2.77. The predicted molar refractivity (Wildman–Crippen MR) is 31.1 cm³/mol. The van der Waals surface area contributed by atoms with E-state index in [4.69, 9.17) is 10.9 Å². The number of hydrazine groups is 1. The van der Waals surface area contributed by atoms with Crippen molar-refractivity contribution < 1.29 is 5.11 Å². The average molecular weight is 127 g/mol. The van der Waals surface area contributed by atoms with E-state index in [1.807, 2.05) is 0 Å². The number of rotatable bonds is 2. The van der Waals surface area contributed by atoms with E-state index in [-0.39, 0.29) is 18.5 Å². The molecule has 46 valence electrons. The van der Waals surface area contributed by atoms with E-state index in [1.54, 1.807) is 6.92 Å². The van der Waals surface area contributed by atoms with E-state index in [0.717, 1.165) is 0 Å². The van der Waals surface area contributed by atoms with Gasteiger partial charge in [0, 0.05) is 6.54 Å². The van der Waals surface area contributed by atoms with Crippen LogP contribution in [0.15, 0.2) is 0 Å². The van der Waals surface area contributed by atoms with Gasteiger partial charge < -0.3 is 5.11 Å². The van der Waals surface area contributed by atoms with Crippen LogP contribution < -0.4 is 11.3 Å². The largest absolute Gasteiger partial charge is 0.392 e. The highest BCUT2D eigenvalue weighted by Crippen LogP contribution is 1.68. The maximum atomic E-state index is 8.41. The van der Waals surface area contributed by atoms with Crippen LogP contribution in [-0.4, -0.2) is 17.8 Å². The highest BCUT2D eigenvalue weighted by molar-refractivity contribution is 5.85. The Morgan fingerprint density at radius 3 is 2.29 bits per heavy atom. The summed E-state index contributed by atoms with van der Waals surface area (Å²) >= 11 is 0. The number of aliphatic hydroxyl groups excluding tert-OH is 1. The van der Waals surface area contributed by atoms with E-state index in [9.17, 15) is 0 Å². The number of hydrogen-bond acceptors (Lipinski definition) is 3. The quantitative estimate of drug-likeness (QED) is 0.337. The minimum Gasteiger partial charge on any atom is -0.392 e. The van der Waals surface area contributed by atoms with Gasteiger partial charge in [0.1, 0.15) is 0 Å². The minimum absolute atomic E-state index is 0. The van der Waals surface area contributed by atoms with E-state index in [0.29, 0.717) is 6.54 Å². The van der Waals surface area contributed by atoms with Gasteiger partial charge in [0.05, 0.1) is 6.10 Å². The van der Waals surface area contributed by atoms with Crippen LogP contribution in [0.25, 0.3) is 0 Å². The topological polar surface area (TPSA) is 58.3 Å². The SMILES string of the molecule is C[C@@H](O)CNN.Cl. The zero-order valence-electron chi connectivity index (χ0n) is 4.22. The van der Waals surface area contributed by atoms with Crippen LogP contribution in [0.4, 0.5) is 0 Å². The summed E-state index contributed by atoms with van der Waals surface area (Å²) in [6.07, 6.45) is -0.338. The summed E-state index contributed by atoms with van der Waals surface area (Å²) in [7, 11) is 0. The Labute approximate surface area is 49.3 Å². The van der Waals surface area contributed by atoms with Crippen LogP contribution in [0.3, 0.4) is 0 Å². The second-order valence-corrected chi connectivity index (χ2v) is 1.26. The highest BCUT2D eigenvalue weighted by Gasteiger charge is 1.86. The Hall–Kier alpha value is 0.170. The molecule has 1 atom stereocenters. The molecule has 0 aliphatic carbocycles. The number of halogens is 1. The van der Waals surface area contributed by atoms with Crippen LogP contribution in [0.2, 0.25) is 0 Å². The fourth-order valence-corrected chi connectivity index (χ4v) is 0.171. The standard InChI is InChI=1S/C3H10N2O.ClH/c1-3(6)2-5-4;/h3,5-6H,2,4H2,1H3;1H/t3-;/m1./s1. The summed E-state index contributed by atoms with van der Waals surface area (Å²) < 4.78 is 0. The summed E-state index contributed by atoms with van der Waals surface area (Å²) in [5.41, 5.74) is 2.32. The van der Waals surface area contributed by atoms with Gasteiger partial charge in [0.2, 0.25) is 0 Å². The molecule has 0 unspecified atom stereocenters. The number of nitrogens with one attached hydrogen (secondary N) is 1. The van der Waals surface area contributed by atoms with Crippen molar-refractivity contribution in [3.8, 4) is 0 Å². The maximum Gasteiger partial charge on any atom is 0.0650 e. The zero-order valence-corrected chi connectivity index (χ0v) is 5.03. The second kappa shape index (κ2) is 6.17. The Kier molecular flexibility index (Phi) is 9.00. The summed E-state index contributed by atoms with van der Waals surface area (Å²) in [5.74, 6) is 4.82. The van der Waals surface area contributed by atoms with E-state index >= 15 is 0 Å². The van der Waals surface area contributed by atoms with E-state index < -0.39 is 0 Å². The third-order valence-electron chi connectivity index (χ3n) is 0.413. The van der Waals surface area contributed by atoms with Crippen LogP contribution in [0, 0.1) is 0 Å². The van der Waals surface area contributed by atoms with Crippen LogP contribution in [0.1, 0.15) is 6.92 Å². The van der Waals surface area contributed by atoms with Crippen molar-refractivity contribution in [2.45, 2.75) is 13.0 Å². The molecule has 0 aromatic rings. The molecule has 0 fully saturated rings. The molecular weight excluding hydrogens is 115 g/mol. The number of hydrogen-bond donors (Lipinski definition) is 3. The van der Waals surface area contributed by atoms with Crippen molar-refractivity contribution >= 4 is 12.4 Å². The normalized spacial score (nSPS) is 12.4. The van der Waals surface area contributed by atoms with Gasteiger partial charge in [-0.15, -0.1) is 12.4 Å². The molecule has 3 nitrogen and oxygen atoms in total. The average Bonchev–Trinajstić information content (AvgIpc) is 1.35. The first-order valence-electron chi connectivity index (χ1n) is 1.89. The molecule has 4 N–H and O–H groups in total. The van der Waals surface area contributed by atoms with Gasteiger partial charge in [-0.1, -0.05) is 0 Å². The van der Waals surface area contributed by atoms with Crippen LogP contribution in [0.5, 0.6) is 0 Å². The molecule has 0 aromatic heterocycles. The van der Waals surface area contributed by atoms with Crippen LogP contribution >= 0.6 is 12.4 Å². The molecule has 0 saturated carbocycles. The Morgan fingerprint density at radius 2 is 2.29 bits per heavy atom. The van der Waals surface area contributed by atoms with Crippen molar-refractivity contribution in [1.82, 2.24) is 5.43 Å². The molecule has 0 spiro atoms. The lowest BCUT2D eigenvalue weighted by molar-refractivity contribution is 0.192. The van der Waals surface area contributed by atoms with Gasteiger partial charge in [-0.25, -0.2) is 0 Å². The minimum atomic E-state index is -0.338. The first kappa shape index (κ1) is 10.2. The summed E-state index contributed by atoms with van der Waals surface area (Å²) in [6, 6.07) is 0. The Balaban J connectivity index is 0. The number of nitrogens with two attached hydrogens (primary N) is 1. The molecule has 0 rings (SSSR count). The highest BCUT2D eigenvalue weighted by atomic mass is 35.5. The van der Waals surface area contributed by atoms with Gasteiger partial charge in [0.15, 0.2) is 0 Å². The first-order valence-corrected chi connectivity index (χ1v) is 1.89. The molecule has 0 heterocycles. The lowest BCUT2D eigenvalue weighted by atomic mass is 10.4. The second-order valence-electron chi connectivity index (χ2n) is 1.26. The zero-order chi connectivity index (χ0) is 4.99. The fraction of sp³-hybridized carbons (Fsp3) is 1.00. The predicted octanol–water partition coefficient (Wildman–Crippen LogP) is -0.748. The van der Waals surface area contributed by atoms with Gasteiger partial charge in [-0.2, -0.15) is 0 Å². The molecular formula is C3H11ClN2O. The van der Waals surface area contributed by atoms with E-state index in [2.05, 4.69) is 5.43 Å². The molecule has 0 aliphatic heterocycles. The Bertz CT molecular complexity index is 34.1. The van der Waals surface area contributed by atoms with Gasteiger partial charge in [-0.3, -0.25) is 11.3 Å². The van der Waals surface area contributed by atoms with Crippen molar-refractivity contribution in [1.29, 1.82) is 0 Å². The van der Waals surface area contributed by atoms with Crippen molar-refractivity contribution in [2.24, 2.45) is 5.84 Å². The van der Waals surface area contributed by atoms with Crippen molar-refractivity contribution in [3.63, 3.8) is 0 Å². The van der Waals surface area contributed by atoms with Crippen molar-refractivity contribution in [3.05, 3.63) is 0 Å². The van der Waals surface area contributed by atoms with Gasteiger partial charge >= 0.3 is 0 Å². The Morgan fingerprint density at radius 1 is 1.86 bits per heavy atom. The number of aliphatic hydroxyl groups is 1. The molecule has 0 aliphatic rings.